The number of nitrogens with zero attached hydrogens (tertiary/aromatic N) is 12. The molecule has 10 aromatic rings. The number of carbonyl (C=O) groups excluding carboxylic acids is 2. The van der Waals surface area contributed by atoms with Crippen LogP contribution in [-0.4, -0.2) is 133 Å². The van der Waals surface area contributed by atoms with Gasteiger partial charge in [0.15, 0.2) is 11.3 Å². The van der Waals surface area contributed by atoms with Crippen molar-refractivity contribution in [1.29, 1.82) is 0 Å². The molecule has 77 heavy (non-hydrogen) atoms. The molecule has 3 N–H and O–H groups in total. The molecule has 2 aliphatic heterocycles. The van der Waals surface area contributed by atoms with Crippen molar-refractivity contribution in [3.05, 3.63) is 152 Å². The normalized spacial score (nSPS) is 14.6. The molecule has 0 unspecified atom stereocenters. The molecule has 19 nitrogen and oxygen atoms in total. The minimum atomic E-state index is -0.585. The van der Waals surface area contributed by atoms with Gasteiger partial charge in [-0.3, -0.25) is 43.1 Å². The summed E-state index contributed by atoms with van der Waals surface area (Å²) in [6.45, 7) is 14.0. The van der Waals surface area contributed by atoms with Gasteiger partial charge < -0.3 is 35.4 Å². The van der Waals surface area contributed by atoms with Crippen LogP contribution in [0, 0.1) is 13.8 Å². The van der Waals surface area contributed by atoms with Gasteiger partial charge in [0.2, 0.25) is 10.9 Å². The molecule has 2 aliphatic rings. The summed E-state index contributed by atoms with van der Waals surface area (Å²) in [5.74, 6) is 0.688. The van der Waals surface area contributed by atoms with Gasteiger partial charge in [0.25, 0.3) is 5.91 Å². The molecule has 2 fully saturated rings. The summed E-state index contributed by atoms with van der Waals surface area (Å²) in [5, 5.41) is 3.73. The average molecular weight is 1070 g/mol. The lowest BCUT2D eigenvalue weighted by atomic mass is 10.1. The SMILES string of the molecule is CCOC(=O)c1c(=O)c2ccc(N3CCCN(C)CC3)nc2n2c1sc1ccccc12.Cc1cnc(CN)cn1.Cc1cnc(CNC(=O)c2c(=O)c3ccc(N4CCCN(C)CC4)nc3n3c2sc2ccccc23)cn1. The number of carbonyl (C=O) groups is 2. The van der Waals surface area contributed by atoms with E-state index in [4.69, 9.17) is 20.4 Å². The number of pyridine rings is 4. The highest BCUT2D eigenvalue weighted by Crippen LogP contribution is 2.33. The second-order valence-electron chi connectivity index (χ2n) is 19.1. The van der Waals surface area contributed by atoms with Gasteiger partial charge in [0.1, 0.15) is 32.4 Å². The molecule has 0 saturated carbocycles. The number of esters is 1. The van der Waals surface area contributed by atoms with Crippen molar-refractivity contribution < 1.29 is 14.3 Å². The third-order valence-corrected chi connectivity index (χ3v) is 15.9. The van der Waals surface area contributed by atoms with Crippen LogP contribution < -0.4 is 31.7 Å². The lowest BCUT2D eigenvalue weighted by Gasteiger charge is -2.22. The Morgan fingerprint density at radius 1 is 0.610 bits per heavy atom. The Hall–Kier alpha value is -7.82. The van der Waals surface area contributed by atoms with Crippen molar-refractivity contribution in [1.82, 2.24) is 53.8 Å². The molecule has 0 aliphatic carbocycles. The van der Waals surface area contributed by atoms with E-state index in [1.165, 1.54) is 22.7 Å². The number of rotatable bonds is 8. The van der Waals surface area contributed by atoms with Gasteiger partial charge in [0, 0.05) is 64.4 Å². The van der Waals surface area contributed by atoms with Crippen LogP contribution in [0.5, 0.6) is 0 Å². The summed E-state index contributed by atoms with van der Waals surface area (Å²) < 4.78 is 11.1. The van der Waals surface area contributed by atoms with E-state index in [1.54, 1.807) is 37.8 Å². The number of ether oxygens (including phenoxy) is 1. The second kappa shape index (κ2) is 23.2. The van der Waals surface area contributed by atoms with E-state index in [0.717, 1.165) is 114 Å². The quantitative estimate of drug-likeness (QED) is 0.149. The molecule has 1 amide bonds. The molecule has 0 bridgehead atoms. The molecule has 10 heterocycles. The number of nitrogens with two attached hydrogens (primary N) is 1. The van der Waals surface area contributed by atoms with E-state index in [-0.39, 0.29) is 35.1 Å². The van der Waals surface area contributed by atoms with E-state index in [1.807, 2.05) is 89.4 Å². The number of benzene rings is 2. The number of likely N-dealkylation sites (N-methyl/N-ethyl adjacent to an activating group) is 2. The van der Waals surface area contributed by atoms with Gasteiger partial charge in [-0.2, -0.15) is 0 Å². The van der Waals surface area contributed by atoms with Gasteiger partial charge >= 0.3 is 5.97 Å². The topological polar surface area (TPSA) is 215 Å². The average Bonchev–Trinajstić information content (AvgIpc) is 3.98. The van der Waals surface area contributed by atoms with Crippen LogP contribution in [0.3, 0.4) is 0 Å². The molecule has 0 radical (unpaired) electrons. The summed E-state index contributed by atoms with van der Waals surface area (Å²) in [6.07, 6.45) is 8.80. The zero-order chi connectivity index (χ0) is 53.7. The number of thiazole rings is 2. The summed E-state index contributed by atoms with van der Waals surface area (Å²) in [6, 6.07) is 23.2. The summed E-state index contributed by atoms with van der Waals surface area (Å²) in [4.78, 5) is 90.1. The molecule has 2 saturated heterocycles. The number of aromatic nitrogens is 8. The van der Waals surface area contributed by atoms with Gasteiger partial charge in [0.05, 0.1) is 73.3 Å². The van der Waals surface area contributed by atoms with E-state index in [0.29, 0.717) is 44.0 Å². The maximum absolute atomic E-state index is 13.7. The molecular formula is C56H60N14O5S2. The molecule has 8 aromatic heterocycles. The zero-order valence-corrected chi connectivity index (χ0v) is 45.4. The Morgan fingerprint density at radius 3 is 1.60 bits per heavy atom. The van der Waals surface area contributed by atoms with E-state index in [2.05, 4.69) is 58.9 Å². The first-order valence-electron chi connectivity index (χ1n) is 25.7. The van der Waals surface area contributed by atoms with Crippen LogP contribution in [0.25, 0.3) is 52.2 Å². The van der Waals surface area contributed by atoms with Crippen LogP contribution in [0.15, 0.2) is 107 Å². The second-order valence-corrected chi connectivity index (χ2v) is 21.2. The van der Waals surface area contributed by atoms with Gasteiger partial charge in [-0.1, -0.05) is 24.3 Å². The molecule has 21 heteroatoms. The predicted molar refractivity (Wildman–Crippen MR) is 306 cm³/mol. The Balaban J connectivity index is 0.000000152. The fourth-order valence-corrected chi connectivity index (χ4v) is 11.9. The van der Waals surface area contributed by atoms with Crippen LogP contribution in [0.1, 0.15) is 63.3 Å². The van der Waals surface area contributed by atoms with Gasteiger partial charge in [-0.25, -0.2) is 14.8 Å². The number of amides is 1. The van der Waals surface area contributed by atoms with Crippen molar-refractivity contribution >= 4 is 98.3 Å². The molecule has 0 atom stereocenters. The maximum atomic E-state index is 13.7. The molecule has 12 rings (SSSR count). The van der Waals surface area contributed by atoms with Crippen LogP contribution in [-0.2, 0) is 17.8 Å². The maximum Gasteiger partial charge on any atom is 0.345 e. The lowest BCUT2D eigenvalue weighted by molar-refractivity contribution is 0.0527. The molecule has 0 spiro atoms. The van der Waals surface area contributed by atoms with Crippen molar-refractivity contribution in [2.75, 3.05) is 82.9 Å². The number of hydrogen-bond donors (Lipinski definition) is 2. The van der Waals surface area contributed by atoms with Crippen LogP contribution in [0.2, 0.25) is 0 Å². The molecule has 396 valence electrons. The minimum absolute atomic E-state index is 0.0847. The first kappa shape index (κ1) is 52.6. The highest BCUT2D eigenvalue weighted by Gasteiger charge is 2.26. The Morgan fingerprint density at radius 2 is 1.10 bits per heavy atom. The number of nitrogens with one attached hydrogen (secondary N) is 1. The highest BCUT2D eigenvalue weighted by atomic mass is 32.1. The zero-order valence-electron chi connectivity index (χ0n) is 43.7. The largest absolute Gasteiger partial charge is 0.462 e. The van der Waals surface area contributed by atoms with Crippen LogP contribution in [0.4, 0.5) is 11.6 Å². The van der Waals surface area contributed by atoms with Crippen molar-refractivity contribution in [3.8, 4) is 0 Å². The van der Waals surface area contributed by atoms with Gasteiger partial charge in [-0.15, -0.1) is 22.7 Å². The lowest BCUT2D eigenvalue weighted by Crippen LogP contribution is -2.31. The third-order valence-electron chi connectivity index (χ3n) is 13.6. The number of hydrogen-bond acceptors (Lipinski definition) is 18. The highest BCUT2D eigenvalue weighted by molar-refractivity contribution is 7.24. The van der Waals surface area contributed by atoms with Crippen molar-refractivity contribution in [2.24, 2.45) is 5.73 Å². The number of fused-ring (bicyclic) bond motifs is 10. The minimum Gasteiger partial charge on any atom is -0.462 e. The summed E-state index contributed by atoms with van der Waals surface area (Å²) in [5.41, 5.74) is 11.1. The van der Waals surface area contributed by atoms with Gasteiger partial charge in [-0.05, 0) is 109 Å². The Labute approximate surface area is 451 Å². The van der Waals surface area contributed by atoms with E-state index >= 15 is 0 Å². The van der Waals surface area contributed by atoms with E-state index in [9.17, 15) is 19.2 Å². The first-order valence-corrected chi connectivity index (χ1v) is 27.4. The summed E-state index contributed by atoms with van der Waals surface area (Å²) >= 11 is 2.85. The van der Waals surface area contributed by atoms with Crippen molar-refractivity contribution in [2.45, 2.75) is 46.7 Å². The summed E-state index contributed by atoms with van der Waals surface area (Å²) in [7, 11) is 4.27. The standard InChI is InChI=1S/C27H27N7O2S.C23H24N4O3S.C6H9N3/c1-17-14-29-18(15-28-17)16-30-26(36)23-24(35)19-8-9-22(33-11-5-10-32(2)12-13-33)31-25(19)34-20-6-3-4-7-21(20)37-27(23)34;1-3-30-23(29)19-20(28)15-9-10-18(26-12-6-11-25(2)13-14-26)24-21(15)27-16-7-4-5-8-17(16)31-22(19)27;1-5-3-9-6(2-7)4-8-5/h3-4,6-9,14-15H,5,10-13,16H2,1-2H3,(H,30,36);4-5,7-10H,3,6,11-14H2,1-2H3;3-4H,2,7H2,1H3. The smallest absolute Gasteiger partial charge is 0.345 e. The number of anilines is 2. The Bertz CT molecular complexity index is 3920. The monoisotopic (exact) mass is 1070 g/mol. The number of aryl methyl sites for hydroxylation is 2. The van der Waals surface area contributed by atoms with E-state index < -0.39 is 11.9 Å². The fourth-order valence-electron chi connectivity index (χ4n) is 9.54. The number of para-hydroxylation sites is 2. The molecular weight excluding hydrogens is 1010 g/mol. The van der Waals surface area contributed by atoms with Crippen molar-refractivity contribution in [3.63, 3.8) is 0 Å². The van der Waals surface area contributed by atoms with Crippen LogP contribution >= 0.6 is 22.7 Å². The molecule has 2 aromatic carbocycles. The Kier molecular flexibility index (Phi) is 15.8. The third kappa shape index (κ3) is 11.1. The fraction of sp³-hybridized carbons (Fsp3) is 0.321. The predicted octanol–water partition coefficient (Wildman–Crippen LogP) is 6.86. The first-order chi connectivity index (χ1) is 37.4.